The van der Waals surface area contributed by atoms with E-state index in [2.05, 4.69) is 15.4 Å². The third-order valence-electron chi connectivity index (χ3n) is 5.13. The fourth-order valence-electron chi connectivity index (χ4n) is 3.57. The first kappa shape index (κ1) is 21.7. The Morgan fingerprint density at radius 1 is 1.25 bits per heavy atom. The Hall–Kier alpha value is -3.54. The van der Waals surface area contributed by atoms with Crippen LogP contribution in [-0.4, -0.2) is 57.7 Å². The predicted octanol–water partition coefficient (Wildman–Crippen LogP) is 0.768. The lowest BCUT2D eigenvalue weighted by atomic mass is 10.2. The van der Waals surface area contributed by atoms with Gasteiger partial charge in [-0.25, -0.2) is 22.9 Å². The topological polar surface area (TPSA) is 142 Å². The molecular formula is C20H21N5O6S. The molecular weight excluding hydrogens is 438 g/mol. The first-order chi connectivity index (χ1) is 15.3. The number of rotatable bonds is 6. The van der Waals surface area contributed by atoms with E-state index >= 15 is 0 Å². The first-order valence-corrected chi connectivity index (χ1v) is 11.8. The molecule has 168 valence electrons. The highest BCUT2D eigenvalue weighted by atomic mass is 32.2. The Bertz CT molecular complexity index is 1340. The average Bonchev–Trinajstić information content (AvgIpc) is 3.34. The largest absolute Gasteiger partial charge is 0.462 e. The summed E-state index contributed by atoms with van der Waals surface area (Å²) in [4.78, 5) is 41.1. The number of aromatic nitrogens is 4. The van der Waals surface area contributed by atoms with E-state index in [1.807, 2.05) is 0 Å². The first-order valence-electron chi connectivity index (χ1n) is 9.97. The highest BCUT2D eigenvalue weighted by molar-refractivity contribution is 7.91. The summed E-state index contributed by atoms with van der Waals surface area (Å²) in [5, 5.41) is 7.03. The number of nitrogens with one attached hydrogen (secondary N) is 1. The number of anilines is 1. The minimum atomic E-state index is -3.12. The molecule has 0 bridgehead atoms. The van der Waals surface area contributed by atoms with E-state index in [0.717, 1.165) is 4.57 Å². The van der Waals surface area contributed by atoms with Gasteiger partial charge in [-0.2, -0.15) is 5.10 Å². The molecule has 1 N–H and O–H groups in total. The molecule has 2 aromatic heterocycles. The molecule has 0 spiro atoms. The van der Waals surface area contributed by atoms with Crippen molar-refractivity contribution in [3.05, 3.63) is 52.7 Å². The smallest absolute Gasteiger partial charge is 0.338 e. The lowest BCUT2D eigenvalue weighted by molar-refractivity contribution is -0.116. The van der Waals surface area contributed by atoms with Crippen LogP contribution >= 0.6 is 0 Å². The molecule has 1 aliphatic rings. The van der Waals surface area contributed by atoms with Gasteiger partial charge in [0.05, 0.1) is 35.9 Å². The molecule has 1 aliphatic heterocycles. The molecule has 32 heavy (non-hydrogen) atoms. The maximum atomic E-state index is 12.8. The second-order valence-corrected chi connectivity index (χ2v) is 9.64. The van der Waals surface area contributed by atoms with E-state index in [-0.39, 0.29) is 36.1 Å². The summed E-state index contributed by atoms with van der Waals surface area (Å²) in [5.41, 5.74) is 0.668. The number of hydrogen-bond acceptors (Lipinski definition) is 8. The van der Waals surface area contributed by atoms with Gasteiger partial charge in [0, 0.05) is 5.69 Å². The van der Waals surface area contributed by atoms with Crippen molar-refractivity contribution in [3.63, 3.8) is 0 Å². The summed E-state index contributed by atoms with van der Waals surface area (Å²) in [7, 11) is -3.12. The Morgan fingerprint density at radius 3 is 2.66 bits per heavy atom. The molecule has 1 aromatic carbocycles. The molecule has 0 radical (unpaired) electrons. The van der Waals surface area contributed by atoms with Crippen LogP contribution in [0.2, 0.25) is 0 Å². The van der Waals surface area contributed by atoms with Gasteiger partial charge >= 0.3 is 5.97 Å². The monoisotopic (exact) mass is 459 g/mol. The van der Waals surface area contributed by atoms with Gasteiger partial charge in [0.1, 0.15) is 18.3 Å². The maximum Gasteiger partial charge on any atom is 0.338 e. The lowest BCUT2D eigenvalue weighted by Gasteiger charge is -2.10. The zero-order chi connectivity index (χ0) is 22.9. The third kappa shape index (κ3) is 4.40. The fourth-order valence-corrected chi connectivity index (χ4v) is 5.27. The van der Waals surface area contributed by atoms with Crippen LogP contribution in [0.4, 0.5) is 5.69 Å². The van der Waals surface area contributed by atoms with Crippen LogP contribution in [0.1, 0.15) is 29.7 Å². The summed E-state index contributed by atoms with van der Waals surface area (Å²) < 4.78 is 31.0. The number of sulfone groups is 1. The molecule has 1 fully saturated rings. The molecule has 1 amide bonds. The van der Waals surface area contributed by atoms with Crippen molar-refractivity contribution in [2.24, 2.45) is 0 Å². The molecule has 1 unspecified atom stereocenters. The van der Waals surface area contributed by atoms with Gasteiger partial charge in [-0.3, -0.25) is 14.2 Å². The standard InChI is InChI=1S/C20H21N5O6S/c1-2-31-20(28)13-3-5-14(6-4-13)23-17(26)10-24-12-21-18-16(19(24)27)9-22-25(18)15-7-8-32(29,30)11-15/h3-6,9,12,15H,2,7-8,10-11H2,1H3,(H,23,26). The van der Waals surface area contributed by atoms with Gasteiger partial charge in [-0.15, -0.1) is 0 Å². The van der Waals surface area contributed by atoms with Gasteiger partial charge in [-0.05, 0) is 37.6 Å². The van der Waals surface area contributed by atoms with Gasteiger partial charge in [-0.1, -0.05) is 0 Å². The molecule has 11 nitrogen and oxygen atoms in total. The van der Waals surface area contributed by atoms with Crippen molar-refractivity contribution in [1.29, 1.82) is 0 Å². The molecule has 3 aromatic rings. The number of hydrogen-bond donors (Lipinski definition) is 1. The summed E-state index contributed by atoms with van der Waals surface area (Å²) in [6.45, 7) is 1.71. The maximum absolute atomic E-state index is 12.8. The summed E-state index contributed by atoms with van der Waals surface area (Å²) in [6, 6.07) is 5.83. The number of fused-ring (bicyclic) bond motifs is 1. The van der Waals surface area contributed by atoms with E-state index < -0.39 is 27.3 Å². The highest BCUT2D eigenvalue weighted by Crippen LogP contribution is 2.25. The second kappa shape index (κ2) is 8.54. The minimum Gasteiger partial charge on any atom is -0.462 e. The number of benzene rings is 1. The molecule has 0 saturated carbocycles. The Morgan fingerprint density at radius 2 is 2.00 bits per heavy atom. The predicted molar refractivity (Wildman–Crippen MR) is 115 cm³/mol. The quantitative estimate of drug-likeness (QED) is 0.533. The van der Waals surface area contributed by atoms with E-state index in [1.165, 1.54) is 29.3 Å². The second-order valence-electron chi connectivity index (χ2n) is 7.41. The Labute approximate surface area is 182 Å². The highest BCUT2D eigenvalue weighted by Gasteiger charge is 2.31. The van der Waals surface area contributed by atoms with E-state index in [4.69, 9.17) is 4.74 Å². The Kier molecular flexibility index (Phi) is 5.78. The SMILES string of the molecule is CCOC(=O)c1ccc(NC(=O)Cn2cnc3c(cnn3C3CCS(=O)(=O)C3)c2=O)cc1. The molecule has 4 rings (SSSR count). The van der Waals surface area contributed by atoms with Gasteiger partial charge in [0.25, 0.3) is 5.56 Å². The fraction of sp³-hybridized carbons (Fsp3) is 0.350. The summed E-state index contributed by atoms with van der Waals surface area (Å²) in [6.07, 6.45) is 3.01. The molecule has 12 heteroatoms. The van der Waals surface area contributed by atoms with Crippen molar-refractivity contribution in [2.75, 3.05) is 23.4 Å². The van der Waals surface area contributed by atoms with Crippen LogP contribution in [0.15, 0.2) is 41.6 Å². The zero-order valence-electron chi connectivity index (χ0n) is 17.2. The number of esters is 1. The van der Waals surface area contributed by atoms with Gasteiger partial charge < -0.3 is 10.1 Å². The normalized spacial score (nSPS) is 17.3. The van der Waals surface area contributed by atoms with Crippen molar-refractivity contribution < 1.29 is 22.7 Å². The van der Waals surface area contributed by atoms with Gasteiger partial charge in [0.2, 0.25) is 5.91 Å². The van der Waals surface area contributed by atoms with Crippen LogP contribution in [0.25, 0.3) is 11.0 Å². The van der Waals surface area contributed by atoms with E-state index in [1.54, 1.807) is 19.1 Å². The number of carbonyl (C=O) groups is 2. The van der Waals surface area contributed by atoms with Gasteiger partial charge in [0.15, 0.2) is 15.5 Å². The molecule has 1 atom stereocenters. The van der Waals surface area contributed by atoms with Crippen LogP contribution in [0.5, 0.6) is 0 Å². The summed E-state index contributed by atoms with van der Waals surface area (Å²) >= 11 is 0. The van der Waals surface area contributed by atoms with Crippen molar-refractivity contribution in [2.45, 2.75) is 25.9 Å². The van der Waals surface area contributed by atoms with Crippen molar-refractivity contribution >= 4 is 38.4 Å². The Balaban J connectivity index is 1.47. The van der Waals surface area contributed by atoms with E-state index in [0.29, 0.717) is 23.3 Å². The zero-order valence-corrected chi connectivity index (χ0v) is 18.0. The number of carbonyl (C=O) groups excluding carboxylic acids is 2. The average molecular weight is 459 g/mol. The number of ether oxygens (including phenoxy) is 1. The van der Waals surface area contributed by atoms with Crippen LogP contribution in [0, 0.1) is 0 Å². The summed E-state index contributed by atoms with van der Waals surface area (Å²) in [5.74, 6) is -0.860. The van der Waals surface area contributed by atoms with E-state index in [9.17, 15) is 22.8 Å². The molecule has 1 saturated heterocycles. The van der Waals surface area contributed by atoms with Crippen LogP contribution < -0.4 is 10.9 Å². The van der Waals surface area contributed by atoms with Crippen molar-refractivity contribution in [1.82, 2.24) is 19.3 Å². The molecule has 3 heterocycles. The minimum absolute atomic E-state index is 0.0358. The number of amides is 1. The van der Waals surface area contributed by atoms with Crippen molar-refractivity contribution in [3.8, 4) is 0 Å². The van der Waals surface area contributed by atoms with Crippen LogP contribution in [-0.2, 0) is 25.9 Å². The third-order valence-corrected chi connectivity index (χ3v) is 6.88. The number of nitrogens with zero attached hydrogens (tertiary/aromatic N) is 4. The van der Waals surface area contributed by atoms with Crippen LogP contribution in [0.3, 0.4) is 0 Å². The molecule has 0 aliphatic carbocycles. The lowest BCUT2D eigenvalue weighted by Crippen LogP contribution is -2.28.